The largest absolute Gasteiger partial charge is 0.460 e. The maximum absolute atomic E-state index is 12.4. The molecule has 1 N–H and O–H groups in total. The van der Waals surface area contributed by atoms with Gasteiger partial charge in [0.05, 0.1) is 11.1 Å². The normalized spacial score (nSPS) is 14.1. The lowest BCUT2D eigenvalue weighted by atomic mass is 10.1. The van der Waals surface area contributed by atoms with E-state index in [1.165, 1.54) is 24.3 Å². The van der Waals surface area contributed by atoms with Crippen LogP contribution in [0.4, 0.5) is 65.9 Å². The monoisotopic (exact) mass is 622 g/mol. The molecule has 0 aliphatic carbocycles. The van der Waals surface area contributed by atoms with E-state index in [2.05, 4.69) is 0 Å². The number of benzene rings is 2. The molecule has 0 aliphatic heterocycles. The Morgan fingerprint density at radius 3 is 1.03 bits per heavy atom. The van der Waals surface area contributed by atoms with Gasteiger partial charge in [0, 0.05) is 0 Å². The summed E-state index contributed by atoms with van der Waals surface area (Å²) >= 11 is 0. The van der Waals surface area contributed by atoms with Gasteiger partial charge in [-0.2, -0.15) is 74.3 Å². The minimum Gasteiger partial charge on any atom is -0.281 e. The molecule has 2 aromatic rings. The van der Waals surface area contributed by atoms with Crippen molar-refractivity contribution in [2.75, 3.05) is 0 Å². The minimum absolute atomic E-state index is 0.00159. The second kappa shape index (κ2) is 10.7. The number of halogens is 15. The molecule has 0 amide bonds. The summed E-state index contributed by atoms with van der Waals surface area (Å²) in [5, 5.41) is -5.75. The summed E-state index contributed by atoms with van der Waals surface area (Å²) < 4.78 is 208. The van der Waals surface area contributed by atoms with Gasteiger partial charge in [0.15, 0.2) is 0 Å². The van der Waals surface area contributed by atoms with Gasteiger partial charge in [-0.3, -0.25) is 4.55 Å². The van der Waals surface area contributed by atoms with Gasteiger partial charge in [0.1, 0.15) is 0 Å². The standard InChI is InChI=1S/C14H9F6P.C4HF9O3S/c15-13(16,17)9-1-5-11(6-2-9)21-12-7-3-10(4-8-12)14(18,19)20;5-1(6,3(9,10)11)2(7,8)4(12,13)17(14,15)16/h1-8,21H;(H,14,15,16). The number of alkyl halides is 15. The first-order valence-electron chi connectivity index (χ1n) is 8.95. The van der Waals surface area contributed by atoms with Crippen molar-refractivity contribution < 1.29 is 78.8 Å². The van der Waals surface area contributed by atoms with Crippen LogP contribution in [-0.2, 0) is 22.5 Å². The van der Waals surface area contributed by atoms with Crippen LogP contribution in [0.5, 0.6) is 0 Å². The van der Waals surface area contributed by atoms with Crippen molar-refractivity contribution in [1.82, 2.24) is 0 Å². The Labute approximate surface area is 204 Å². The fourth-order valence-corrected chi connectivity index (χ4v) is 3.63. The predicted molar refractivity (Wildman–Crippen MR) is 103 cm³/mol. The zero-order valence-electron chi connectivity index (χ0n) is 17.5. The molecule has 3 nitrogen and oxygen atoms in total. The van der Waals surface area contributed by atoms with Crippen LogP contribution in [0.2, 0.25) is 0 Å². The van der Waals surface area contributed by atoms with E-state index in [4.69, 9.17) is 4.55 Å². The first-order valence-corrected chi connectivity index (χ1v) is 11.4. The molecule has 0 aliphatic rings. The van der Waals surface area contributed by atoms with Crippen molar-refractivity contribution in [3.8, 4) is 0 Å². The van der Waals surface area contributed by atoms with Gasteiger partial charge in [-0.05, 0) is 34.9 Å². The van der Waals surface area contributed by atoms with Gasteiger partial charge >= 0.3 is 45.7 Å². The first kappa shape index (κ1) is 33.8. The van der Waals surface area contributed by atoms with Gasteiger partial charge in [-0.1, -0.05) is 32.8 Å². The summed E-state index contributed by atoms with van der Waals surface area (Å²) in [5.74, 6) is -14.7. The molecular weight excluding hydrogens is 612 g/mol. The molecule has 0 heterocycles. The highest BCUT2D eigenvalue weighted by molar-refractivity contribution is 7.87. The van der Waals surface area contributed by atoms with E-state index in [1.807, 2.05) is 0 Å². The van der Waals surface area contributed by atoms with Crippen LogP contribution in [0.25, 0.3) is 0 Å². The topological polar surface area (TPSA) is 54.4 Å². The molecule has 0 atom stereocenters. The summed E-state index contributed by atoms with van der Waals surface area (Å²) in [6, 6.07) is 9.19. The van der Waals surface area contributed by atoms with Crippen LogP contribution in [0, 0.1) is 0 Å². The molecule has 0 fully saturated rings. The summed E-state index contributed by atoms with van der Waals surface area (Å²) in [4.78, 5) is 0. The third-order valence-corrected chi connectivity index (χ3v) is 6.30. The molecule has 0 aromatic heterocycles. The Morgan fingerprint density at radius 2 is 0.816 bits per heavy atom. The molecule has 0 saturated carbocycles. The van der Waals surface area contributed by atoms with E-state index in [0.29, 0.717) is 10.6 Å². The average Bonchev–Trinajstić information content (AvgIpc) is 2.72. The maximum Gasteiger partial charge on any atom is 0.460 e. The minimum atomic E-state index is -7.37. The Bertz CT molecular complexity index is 1130. The third-order valence-electron chi connectivity index (χ3n) is 4.15. The summed E-state index contributed by atoms with van der Waals surface area (Å²) in [7, 11) is -7.17. The van der Waals surface area contributed by atoms with Crippen molar-refractivity contribution in [1.29, 1.82) is 0 Å². The third kappa shape index (κ3) is 7.43. The molecule has 0 bridgehead atoms. The zero-order valence-corrected chi connectivity index (χ0v) is 19.3. The Kier molecular flexibility index (Phi) is 9.52. The van der Waals surface area contributed by atoms with Crippen molar-refractivity contribution in [2.45, 2.75) is 35.6 Å². The van der Waals surface area contributed by atoms with Crippen LogP contribution in [-0.4, -0.2) is 36.2 Å². The fourth-order valence-electron chi connectivity index (χ4n) is 2.17. The van der Waals surface area contributed by atoms with Gasteiger partial charge in [-0.15, -0.1) is 0 Å². The summed E-state index contributed by atoms with van der Waals surface area (Å²) in [6.45, 7) is 0. The van der Waals surface area contributed by atoms with Crippen LogP contribution in [0.3, 0.4) is 0 Å². The van der Waals surface area contributed by atoms with Crippen molar-refractivity contribution in [3.05, 3.63) is 59.7 Å². The quantitative estimate of drug-likeness (QED) is 0.231. The van der Waals surface area contributed by atoms with Crippen LogP contribution in [0.15, 0.2) is 48.5 Å². The van der Waals surface area contributed by atoms with Crippen LogP contribution in [0.1, 0.15) is 11.1 Å². The highest BCUT2D eigenvalue weighted by atomic mass is 32.2. The van der Waals surface area contributed by atoms with Crippen molar-refractivity contribution in [3.63, 3.8) is 0 Å². The Balaban J connectivity index is 0.000000391. The van der Waals surface area contributed by atoms with E-state index in [1.54, 1.807) is 0 Å². The van der Waals surface area contributed by atoms with Crippen LogP contribution < -0.4 is 10.6 Å². The highest BCUT2D eigenvalue weighted by Gasteiger charge is 2.85. The van der Waals surface area contributed by atoms with Crippen molar-refractivity contribution in [2.24, 2.45) is 0 Å². The summed E-state index contributed by atoms with van der Waals surface area (Å²) in [5.41, 5.74) is -1.49. The zero-order chi connectivity index (χ0) is 30.2. The van der Waals surface area contributed by atoms with E-state index in [0.717, 1.165) is 24.3 Å². The molecule has 38 heavy (non-hydrogen) atoms. The van der Waals surface area contributed by atoms with Crippen LogP contribution >= 0.6 is 8.58 Å². The lowest BCUT2D eigenvalue weighted by molar-refractivity contribution is -0.382. The first-order chi connectivity index (χ1) is 16.7. The molecular formula is C18H10F15O3PS. The molecule has 0 radical (unpaired) electrons. The number of hydrogen-bond acceptors (Lipinski definition) is 2. The fraction of sp³-hybridized carbons (Fsp3) is 0.333. The van der Waals surface area contributed by atoms with Gasteiger partial charge < -0.3 is 0 Å². The summed E-state index contributed by atoms with van der Waals surface area (Å²) in [6.07, 6.45) is -15.9. The maximum atomic E-state index is 12.4. The van der Waals surface area contributed by atoms with E-state index >= 15 is 0 Å². The molecule has 216 valence electrons. The van der Waals surface area contributed by atoms with E-state index in [9.17, 15) is 74.3 Å². The van der Waals surface area contributed by atoms with Gasteiger partial charge in [0.2, 0.25) is 0 Å². The molecule has 2 rings (SSSR count). The molecule has 0 spiro atoms. The lowest BCUT2D eigenvalue weighted by Gasteiger charge is -2.31. The van der Waals surface area contributed by atoms with Gasteiger partial charge in [0.25, 0.3) is 0 Å². The Hall–Kier alpha value is -2.27. The van der Waals surface area contributed by atoms with E-state index in [-0.39, 0.29) is 8.58 Å². The van der Waals surface area contributed by atoms with Crippen molar-refractivity contribution >= 4 is 29.3 Å². The average molecular weight is 622 g/mol. The highest BCUT2D eigenvalue weighted by Crippen LogP contribution is 2.54. The second-order valence-electron chi connectivity index (χ2n) is 6.91. The predicted octanol–water partition coefficient (Wildman–Crippen LogP) is 6.65. The Morgan fingerprint density at radius 1 is 0.526 bits per heavy atom. The molecule has 2 aromatic carbocycles. The molecule has 0 unspecified atom stereocenters. The molecule has 20 heteroatoms. The number of hydrogen-bond donors (Lipinski definition) is 1. The van der Waals surface area contributed by atoms with Gasteiger partial charge in [-0.25, -0.2) is 0 Å². The second-order valence-corrected chi connectivity index (χ2v) is 9.78. The number of rotatable bonds is 5. The SMILES string of the molecule is FC(F)(F)c1ccc(Pc2ccc(C(F)(F)F)cc2)cc1.O=S(=O)(O)C(F)(F)C(F)(F)C(F)(F)C(F)(F)F. The van der Waals surface area contributed by atoms with E-state index < -0.39 is 56.9 Å². The molecule has 0 saturated heterocycles. The lowest BCUT2D eigenvalue weighted by Crippen LogP contribution is -2.63. The smallest absolute Gasteiger partial charge is 0.281 e.